The molecule has 5 nitrogen and oxygen atoms in total. The molecule has 4 rings (SSSR count). The van der Waals surface area contributed by atoms with E-state index in [0.717, 1.165) is 32.1 Å². The van der Waals surface area contributed by atoms with Crippen LogP contribution in [0.25, 0.3) is 0 Å². The third kappa shape index (κ3) is 2.73. The summed E-state index contributed by atoms with van der Waals surface area (Å²) in [5.74, 6) is 0.108. The van der Waals surface area contributed by atoms with E-state index in [4.69, 9.17) is 4.74 Å². The number of hydrogen-bond acceptors (Lipinski definition) is 5. The molecule has 29 heavy (non-hydrogen) atoms. The van der Waals surface area contributed by atoms with Crippen LogP contribution >= 0.6 is 0 Å². The van der Waals surface area contributed by atoms with Crippen molar-refractivity contribution in [2.75, 3.05) is 6.61 Å². The van der Waals surface area contributed by atoms with Crippen molar-refractivity contribution >= 4 is 17.5 Å². The van der Waals surface area contributed by atoms with Crippen molar-refractivity contribution < 1.29 is 24.2 Å². The minimum atomic E-state index is -1.46. The molecule has 5 heteroatoms. The smallest absolute Gasteiger partial charge is 0.303 e. The van der Waals surface area contributed by atoms with Gasteiger partial charge in [-0.3, -0.25) is 14.4 Å². The monoisotopic (exact) mass is 400 g/mol. The van der Waals surface area contributed by atoms with Crippen LogP contribution in [0.3, 0.4) is 0 Å². The maximum Gasteiger partial charge on any atom is 0.303 e. The first kappa shape index (κ1) is 20.5. The number of rotatable bonds is 3. The van der Waals surface area contributed by atoms with E-state index in [0.29, 0.717) is 11.8 Å². The largest absolute Gasteiger partial charge is 0.458 e. The first-order valence-corrected chi connectivity index (χ1v) is 10.9. The molecular formula is C24H32O5. The van der Waals surface area contributed by atoms with Crippen LogP contribution in [0.1, 0.15) is 59.8 Å². The molecule has 7 atom stereocenters. The second-order valence-electron chi connectivity index (χ2n) is 10.2. The zero-order chi connectivity index (χ0) is 21.2. The molecule has 1 unspecified atom stereocenters. The van der Waals surface area contributed by atoms with Gasteiger partial charge in [-0.05, 0) is 67.9 Å². The minimum Gasteiger partial charge on any atom is -0.458 e. The average molecular weight is 401 g/mol. The highest BCUT2D eigenvalue weighted by atomic mass is 16.5. The zero-order valence-electron chi connectivity index (χ0n) is 17.9. The number of carbonyl (C=O) groups excluding carboxylic acids is 3. The molecule has 0 radical (unpaired) electrons. The fourth-order valence-corrected chi connectivity index (χ4v) is 7.41. The van der Waals surface area contributed by atoms with Crippen LogP contribution in [0, 0.1) is 34.5 Å². The summed E-state index contributed by atoms with van der Waals surface area (Å²) in [6.45, 7) is 7.19. The topological polar surface area (TPSA) is 80.7 Å². The molecule has 1 N–H and O–H groups in total. The lowest BCUT2D eigenvalue weighted by atomic mass is 9.47. The molecule has 0 saturated heterocycles. The fraction of sp³-hybridized carbons (Fsp3) is 0.708. The van der Waals surface area contributed by atoms with Gasteiger partial charge >= 0.3 is 5.97 Å². The summed E-state index contributed by atoms with van der Waals surface area (Å²) in [5.41, 5.74) is -0.851. The van der Waals surface area contributed by atoms with Gasteiger partial charge in [-0.15, -0.1) is 0 Å². The predicted octanol–water partition coefficient (Wildman–Crippen LogP) is 3.40. The SMILES string of the molecule is CC(=O)OCC(=O)[C@@]1(O)C(C)C[C@H]2[C@@H]3CCC4=CC(=O)C=C[C@]4(C)[C@H]3CC[C@@]21C. The number of esters is 1. The molecule has 0 bridgehead atoms. The van der Waals surface area contributed by atoms with Crippen LogP contribution < -0.4 is 0 Å². The van der Waals surface area contributed by atoms with Crippen molar-refractivity contribution in [1.29, 1.82) is 0 Å². The number of allylic oxidation sites excluding steroid dienone is 4. The van der Waals surface area contributed by atoms with Gasteiger partial charge in [0.05, 0.1) is 0 Å². The lowest BCUT2D eigenvalue weighted by Crippen LogP contribution is -2.59. The lowest BCUT2D eigenvalue weighted by Gasteiger charge is -2.58. The molecular weight excluding hydrogens is 368 g/mol. The van der Waals surface area contributed by atoms with Crippen molar-refractivity contribution in [2.45, 2.75) is 65.4 Å². The van der Waals surface area contributed by atoms with Gasteiger partial charge in [0.15, 0.2) is 12.4 Å². The Kier molecular flexibility index (Phi) is 4.69. The molecule has 0 aromatic heterocycles. The van der Waals surface area contributed by atoms with E-state index in [1.54, 1.807) is 6.08 Å². The highest BCUT2D eigenvalue weighted by molar-refractivity contribution is 6.01. The molecule has 0 amide bonds. The Bertz CT molecular complexity index is 825. The second kappa shape index (κ2) is 6.63. The molecule has 4 aliphatic carbocycles. The highest BCUT2D eigenvalue weighted by Gasteiger charge is 2.68. The van der Waals surface area contributed by atoms with Crippen molar-refractivity contribution in [2.24, 2.45) is 34.5 Å². The first-order chi connectivity index (χ1) is 13.5. The number of aliphatic hydroxyl groups is 1. The van der Waals surface area contributed by atoms with Crippen LogP contribution in [0.4, 0.5) is 0 Å². The number of hydrogen-bond donors (Lipinski definition) is 1. The summed E-state index contributed by atoms with van der Waals surface area (Å²) >= 11 is 0. The van der Waals surface area contributed by atoms with Gasteiger partial charge in [0.2, 0.25) is 5.78 Å². The third-order valence-electron chi connectivity index (χ3n) is 8.97. The van der Waals surface area contributed by atoms with E-state index >= 15 is 0 Å². The lowest BCUT2D eigenvalue weighted by molar-refractivity contribution is -0.173. The standard InChI is InChI=1S/C24H32O5/c1-14-11-20-18-6-5-16-12-17(26)7-9-22(16,3)19(18)8-10-23(20,4)24(14,28)21(27)13-29-15(2)25/h7,9,12,14,18-20,28H,5-6,8,10-11,13H2,1-4H3/t14?,18-,19+,20+,22+,23+,24+/m1/s1. The Morgan fingerprint density at radius 1 is 1.24 bits per heavy atom. The summed E-state index contributed by atoms with van der Waals surface area (Å²) in [5, 5.41) is 11.7. The number of ketones is 2. The Hall–Kier alpha value is -1.75. The molecule has 3 saturated carbocycles. The Morgan fingerprint density at radius 3 is 2.66 bits per heavy atom. The first-order valence-electron chi connectivity index (χ1n) is 10.9. The molecule has 0 aromatic rings. The molecule has 0 heterocycles. The van der Waals surface area contributed by atoms with Gasteiger partial charge in [0, 0.05) is 17.8 Å². The van der Waals surface area contributed by atoms with Crippen LogP contribution in [-0.4, -0.2) is 34.9 Å². The van der Waals surface area contributed by atoms with Gasteiger partial charge < -0.3 is 9.84 Å². The van der Waals surface area contributed by atoms with E-state index in [2.05, 4.69) is 19.9 Å². The second-order valence-corrected chi connectivity index (χ2v) is 10.2. The number of Topliss-reactive ketones (excluding diaryl/α,β-unsaturated/α-hetero) is 1. The number of fused-ring (bicyclic) bond motifs is 5. The normalized spacial score (nSPS) is 45.7. The minimum absolute atomic E-state index is 0.0801. The summed E-state index contributed by atoms with van der Waals surface area (Å²) in [6, 6.07) is 0. The molecule has 0 aromatic carbocycles. The summed E-state index contributed by atoms with van der Waals surface area (Å²) in [4.78, 5) is 36.1. The maximum absolute atomic E-state index is 13.0. The zero-order valence-corrected chi connectivity index (χ0v) is 17.9. The molecule has 0 aliphatic heterocycles. The van der Waals surface area contributed by atoms with Crippen molar-refractivity contribution in [1.82, 2.24) is 0 Å². The fourth-order valence-electron chi connectivity index (χ4n) is 7.41. The van der Waals surface area contributed by atoms with Crippen molar-refractivity contribution in [3.8, 4) is 0 Å². The van der Waals surface area contributed by atoms with Crippen molar-refractivity contribution in [3.05, 3.63) is 23.8 Å². The molecule has 4 aliphatic rings. The van der Waals surface area contributed by atoms with E-state index in [1.807, 2.05) is 13.0 Å². The van der Waals surface area contributed by atoms with Gasteiger partial charge in [-0.25, -0.2) is 0 Å². The third-order valence-corrected chi connectivity index (χ3v) is 8.97. The summed E-state index contributed by atoms with van der Waals surface area (Å²) in [7, 11) is 0. The van der Waals surface area contributed by atoms with E-state index < -0.39 is 17.0 Å². The summed E-state index contributed by atoms with van der Waals surface area (Å²) < 4.78 is 4.96. The van der Waals surface area contributed by atoms with E-state index in [-0.39, 0.29) is 35.4 Å². The average Bonchev–Trinajstić information content (AvgIpc) is 2.88. The van der Waals surface area contributed by atoms with Gasteiger partial charge in [-0.2, -0.15) is 0 Å². The predicted molar refractivity (Wildman–Crippen MR) is 108 cm³/mol. The van der Waals surface area contributed by atoms with Crippen LogP contribution in [0.2, 0.25) is 0 Å². The Morgan fingerprint density at radius 2 is 1.97 bits per heavy atom. The van der Waals surface area contributed by atoms with Gasteiger partial charge in [-0.1, -0.05) is 32.4 Å². The Balaban J connectivity index is 1.65. The highest BCUT2D eigenvalue weighted by Crippen LogP contribution is 2.68. The van der Waals surface area contributed by atoms with Crippen molar-refractivity contribution in [3.63, 3.8) is 0 Å². The van der Waals surface area contributed by atoms with Gasteiger partial charge in [0.1, 0.15) is 5.60 Å². The van der Waals surface area contributed by atoms with Crippen LogP contribution in [0.5, 0.6) is 0 Å². The van der Waals surface area contributed by atoms with E-state index in [1.165, 1.54) is 12.5 Å². The van der Waals surface area contributed by atoms with Gasteiger partial charge in [0.25, 0.3) is 0 Å². The number of ether oxygens (including phenoxy) is 1. The van der Waals surface area contributed by atoms with Crippen LogP contribution in [0.15, 0.2) is 23.8 Å². The van der Waals surface area contributed by atoms with Crippen LogP contribution in [-0.2, 0) is 19.1 Å². The Labute approximate surface area is 172 Å². The quantitative estimate of drug-likeness (QED) is 0.735. The molecule has 0 spiro atoms. The number of carbonyl (C=O) groups is 3. The maximum atomic E-state index is 13.0. The molecule has 3 fully saturated rings. The molecule has 158 valence electrons. The van der Waals surface area contributed by atoms with E-state index in [9.17, 15) is 19.5 Å². The summed E-state index contributed by atoms with van der Waals surface area (Å²) in [6.07, 6.45) is 9.99.